The van der Waals surface area contributed by atoms with Crippen molar-refractivity contribution in [3.05, 3.63) is 64.2 Å². The molecule has 0 radical (unpaired) electrons. The summed E-state index contributed by atoms with van der Waals surface area (Å²) in [5.41, 5.74) is 2.81. The zero-order valence-electron chi connectivity index (χ0n) is 17.2. The van der Waals surface area contributed by atoms with Gasteiger partial charge >= 0.3 is 0 Å². The zero-order chi connectivity index (χ0) is 21.8. The second-order valence-electron chi connectivity index (χ2n) is 8.04. The number of carbonyl (C=O) groups excluding carboxylic acids is 1. The molecule has 3 atom stereocenters. The highest BCUT2D eigenvalue weighted by Crippen LogP contribution is 2.33. The first-order valence-electron chi connectivity index (χ1n) is 10.6. The molecule has 2 aromatic rings. The lowest BCUT2D eigenvalue weighted by Gasteiger charge is -2.31. The molecule has 2 N–H and O–H groups in total. The summed E-state index contributed by atoms with van der Waals surface area (Å²) >= 11 is 6.42. The maximum Gasteiger partial charge on any atom is 0.192 e. The molecule has 2 aromatic carbocycles. The van der Waals surface area contributed by atoms with Crippen LogP contribution in [-0.4, -0.2) is 54.1 Å². The molecule has 166 valence electrons. The summed E-state index contributed by atoms with van der Waals surface area (Å²) in [7, 11) is 0. The van der Waals surface area contributed by atoms with E-state index < -0.39 is 30.7 Å². The second-order valence-corrected chi connectivity index (χ2v) is 8.45. The van der Waals surface area contributed by atoms with Crippen LogP contribution in [0.5, 0.6) is 5.75 Å². The number of ketones is 1. The van der Waals surface area contributed by atoms with Gasteiger partial charge in [-0.1, -0.05) is 35.9 Å². The van der Waals surface area contributed by atoms with Gasteiger partial charge in [-0.15, -0.1) is 0 Å². The second kappa shape index (κ2) is 10.1. The van der Waals surface area contributed by atoms with Crippen molar-refractivity contribution in [3.8, 4) is 5.75 Å². The fraction of sp³-hybridized carbons (Fsp3) is 0.458. The molecule has 7 heteroatoms. The van der Waals surface area contributed by atoms with Gasteiger partial charge in [0.2, 0.25) is 0 Å². The minimum atomic E-state index is -1.14. The monoisotopic (exact) mass is 446 g/mol. The third-order valence-corrected chi connectivity index (χ3v) is 5.94. The smallest absolute Gasteiger partial charge is 0.192 e. The van der Waals surface area contributed by atoms with Crippen molar-refractivity contribution in [1.82, 2.24) is 0 Å². The van der Waals surface area contributed by atoms with Crippen LogP contribution in [0.2, 0.25) is 5.02 Å². The molecule has 0 amide bonds. The van der Waals surface area contributed by atoms with E-state index >= 15 is 0 Å². The lowest BCUT2D eigenvalue weighted by molar-refractivity contribution is -0.161. The van der Waals surface area contributed by atoms with Gasteiger partial charge < -0.3 is 24.4 Å². The summed E-state index contributed by atoms with van der Waals surface area (Å²) < 4.78 is 17.0. The van der Waals surface area contributed by atoms with Gasteiger partial charge in [0.25, 0.3) is 0 Å². The van der Waals surface area contributed by atoms with Crippen LogP contribution >= 0.6 is 11.6 Å². The minimum Gasteiger partial charge on any atom is -0.491 e. The maximum atomic E-state index is 11.9. The third kappa shape index (κ3) is 5.84. The van der Waals surface area contributed by atoms with Crippen LogP contribution in [0.15, 0.2) is 42.5 Å². The minimum absolute atomic E-state index is 0.160. The van der Waals surface area contributed by atoms with Gasteiger partial charge in [0.15, 0.2) is 5.78 Å². The van der Waals surface area contributed by atoms with Crippen LogP contribution in [0.25, 0.3) is 0 Å². The number of rotatable bonds is 9. The normalized spacial score (nSPS) is 23.7. The molecule has 1 saturated heterocycles. The van der Waals surface area contributed by atoms with Crippen LogP contribution < -0.4 is 4.74 Å². The summed E-state index contributed by atoms with van der Waals surface area (Å²) in [5.74, 6) is 0.321. The van der Waals surface area contributed by atoms with Crippen molar-refractivity contribution >= 4 is 17.4 Å². The van der Waals surface area contributed by atoms with Gasteiger partial charge in [-0.05, 0) is 54.2 Å². The Morgan fingerprint density at radius 2 is 1.87 bits per heavy atom. The molecule has 0 unspecified atom stereocenters. The average molecular weight is 447 g/mol. The van der Waals surface area contributed by atoms with Gasteiger partial charge in [-0.25, -0.2) is 0 Å². The summed E-state index contributed by atoms with van der Waals surface area (Å²) in [6.07, 6.45) is 0.908. The van der Waals surface area contributed by atoms with E-state index in [-0.39, 0.29) is 6.42 Å². The molecule has 2 aliphatic rings. The third-order valence-electron chi connectivity index (χ3n) is 5.57. The SMILES string of the molecule is O=C1[C@H](O)C[C@H](c2ccc(Cl)c(Cc3ccc(OCCOC4CC4)cc3)c2)O[C@@H]1CO. The Morgan fingerprint density at radius 1 is 1.10 bits per heavy atom. The van der Waals surface area contributed by atoms with E-state index in [9.17, 15) is 15.0 Å². The molecule has 1 saturated carbocycles. The summed E-state index contributed by atoms with van der Waals surface area (Å²) in [6, 6.07) is 13.4. The topological polar surface area (TPSA) is 85.2 Å². The number of halogens is 1. The fourth-order valence-electron chi connectivity index (χ4n) is 3.66. The number of carbonyl (C=O) groups is 1. The van der Waals surface area contributed by atoms with Crippen LogP contribution in [0, 0.1) is 0 Å². The Labute approximate surface area is 186 Å². The highest BCUT2D eigenvalue weighted by molar-refractivity contribution is 6.31. The molecule has 31 heavy (non-hydrogen) atoms. The van der Waals surface area contributed by atoms with Gasteiger partial charge in [-0.3, -0.25) is 4.79 Å². The van der Waals surface area contributed by atoms with Gasteiger partial charge in [0, 0.05) is 11.4 Å². The quantitative estimate of drug-likeness (QED) is 0.575. The first kappa shape index (κ1) is 22.2. The van der Waals surface area contributed by atoms with Crippen LogP contribution in [0.1, 0.15) is 42.1 Å². The Hall–Kier alpha value is -1.96. The van der Waals surface area contributed by atoms with Crippen molar-refractivity contribution < 1.29 is 29.2 Å². The van der Waals surface area contributed by atoms with E-state index in [1.54, 1.807) is 6.07 Å². The van der Waals surface area contributed by atoms with Crippen molar-refractivity contribution in [2.75, 3.05) is 19.8 Å². The predicted octanol–water partition coefficient (Wildman–Crippen LogP) is 3.24. The Morgan fingerprint density at radius 3 is 2.58 bits per heavy atom. The van der Waals surface area contributed by atoms with Crippen LogP contribution in [-0.2, 0) is 20.7 Å². The number of aliphatic hydroxyl groups is 2. The molecular formula is C24H27ClO6. The molecule has 4 rings (SSSR count). The summed E-state index contributed by atoms with van der Waals surface area (Å²) in [4.78, 5) is 11.9. The largest absolute Gasteiger partial charge is 0.491 e. The van der Waals surface area contributed by atoms with E-state index in [1.807, 2.05) is 36.4 Å². The van der Waals surface area contributed by atoms with E-state index in [1.165, 1.54) is 0 Å². The Balaban J connectivity index is 1.38. The molecule has 1 aliphatic heterocycles. The van der Waals surface area contributed by atoms with E-state index in [2.05, 4.69) is 0 Å². The van der Waals surface area contributed by atoms with E-state index in [0.717, 1.165) is 35.3 Å². The number of hydrogen-bond acceptors (Lipinski definition) is 6. The van der Waals surface area contributed by atoms with Crippen molar-refractivity contribution in [1.29, 1.82) is 0 Å². The van der Waals surface area contributed by atoms with Gasteiger partial charge in [0.1, 0.15) is 24.6 Å². The highest BCUT2D eigenvalue weighted by Gasteiger charge is 2.36. The van der Waals surface area contributed by atoms with Crippen molar-refractivity contribution in [3.63, 3.8) is 0 Å². The maximum absolute atomic E-state index is 11.9. The summed E-state index contributed by atoms with van der Waals surface area (Å²) in [6.45, 7) is 0.692. The van der Waals surface area contributed by atoms with Crippen molar-refractivity contribution in [2.45, 2.75) is 50.1 Å². The van der Waals surface area contributed by atoms with E-state index in [4.69, 9.17) is 25.8 Å². The first-order valence-corrected chi connectivity index (χ1v) is 11.0. The molecule has 0 bridgehead atoms. The Kier molecular flexibility index (Phi) is 7.25. The van der Waals surface area contributed by atoms with Crippen LogP contribution in [0.3, 0.4) is 0 Å². The van der Waals surface area contributed by atoms with Crippen molar-refractivity contribution in [2.24, 2.45) is 0 Å². The number of ether oxygens (including phenoxy) is 3. The number of Topliss-reactive ketones (excluding diaryl/α,β-unsaturated/α-hetero) is 1. The lowest BCUT2D eigenvalue weighted by Crippen LogP contribution is -2.43. The van der Waals surface area contributed by atoms with Crippen LogP contribution in [0.4, 0.5) is 0 Å². The fourth-order valence-corrected chi connectivity index (χ4v) is 3.85. The highest BCUT2D eigenvalue weighted by atomic mass is 35.5. The number of hydrogen-bond donors (Lipinski definition) is 2. The Bertz CT molecular complexity index is 895. The molecular weight excluding hydrogens is 420 g/mol. The number of aliphatic hydroxyl groups excluding tert-OH is 2. The number of benzene rings is 2. The zero-order valence-corrected chi connectivity index (χ0v) is 18.0. The van der Waals surface area contributed by atoms with E-state index in [0.29, 0.717) is 30.8 Å². The summed E-state index contributed by atoms with van der Waals surface area (Å²) in [5, 5.41) is 20.0. The standard InChI is InChI=1S/C24H27ClO6/c25-20-8-3-16(22-13-21(27)24(28)23(14-26)31-22)12-17(20)11-15-1-4-18(5-2-15)29-9-10-30-19-6-7-19/h1-5,8,12,19,21-23,26-27H,6-7,9-11,13-14H2/t21-,22-,23-/m1/s1. The average Bonchev–Trinajstić information content (AvgIpc) is 3.60. The molecule has 1 heterocycles. The molecule has 1 aliphatic carbocycles. The lowest BCUT2D eigenvalue weighted by atomic mass is 9.93. The van der Waals surface area contributed by atoms with Gasteiger partial charge in [-0.2, -0.15) is 0 Å². The predicted molar refractivity (Wildman–Crippen MR) is 115 cm³/mol. The van der Waals surface area contributed by atoms with Gasteiger partial charge in [0.05, 0.1) is 25.4 Å². The molecule has 2 fully saturated rings. The molecule has 0 aromatic heterocycles. The molecule has 0 spiro atoms. The molecule has 6 nitrogen and oxygen atoms in total. The first-order chi connectivity index (χ1) is 15.0.